The van der Waals surface area contributed by atoms with Gasteiger partial charge >= 0.3 is 0 Å². The Morgan fingerprint density at radius 1 is 1.33 bits per heavy atom. The Hall–Kier alpha value is -3.00. The number of carbonyl (C=O) groups is 1. The van der Waals surface area contributed by atoms with Gasteiger partial charge in [0.1, 0.15) is 17.4 Å². The number of benzene rings is 1. The van der Waals surface area contributed by atoms with E-state index >= 15 is 0 Å². The second kappa shape index (κ2) is 9.09. The van der Waals surface area contributed by atoms with Crippen LogP contribution in [0.2, 0.25) is 0 Å². The maximum absolute atomic E-state index is 12.4. The summed E-state index contributed by atoms with van der Waals surface area (Å²) in [5.74, 6) is 0.335. The van der Waals surface area contributed by atoms with Gasteiger partial charge in [-0.1, -0.05) is 26.0 Å². The molecule has 0 aliphatic heterocycles. The molecule has 2 rings (SSSR count). The molecule has 5 heteroatoms. The maximum Gasteiger partial charge on any atom is 0.261 e. The number of nitriles is 1. The number of aromatic hydroxyl groups is 1. The average Bonchev–Trinajstić information content (AvgIpc) is 2.86. The van der Waals surface area contributed by atoms with Crippen LogP contribution in [0, 0.1) is 31.1 Å². The highest BCUT2D eigenvalue weighted by molar-refractivity contribution is 6.01. The lowest BCUT2D eigenvalue weighted by molar-refractivity contribution is -0.117. The van der Waals surface area contributed by atoms with Crippen molar-refractivity contribution in [3.63, 3.8) is 0 Å². The van der Waals surface area contributed by atoms with Crippen LogP contribution in [0.15, 0.2) is 35.9 Å². The number of carbonyl (C=O) groups excluding carboxylic acids is 1. The van der Waals surface area contributed by atoms with Crippen molar-refractivity contribution in [1.82, 2.24) is 9.88 Å². The van der Waals surface area contributed by atoms with E-state index in [0.29, 0.717) is 18.9 Å². The lowest BCUT2D eigenvalue weighted by Crippen LogP contribution is -2.26. The van der Waals surface area contributed by atoms with Gasteiger partial charge in [0.05, 0.1) is 0 Å². The van der Waals surface area contributed by atoms with Crippen LogP contribution in [0.5, 0.6) is 5.75 Å². The van der Waals surface area contributed by atoms with Gasteiger partial charge in [0, 0.05) is 24.5 Å². The smallest absolute Gasteiger partial charge is 0.261 e. The number of amides is 1. The van der Waals surface area contributed by atoms with Crippen molar-refractivity contribution in [3.8, 4) is 11.8 Å². The number of aromatic nitrogens is 1. The summed E-state index contributed by atoms with van der Waals surface area (Å²) in [7, 11) is 0. The number of aryl methyl sites for hydroxylation is 1. The van der Waals surface area contributed by atoms with Crippen molar-refractivity contribution < 1.29 is 9.90 Å². The summed E-state index contributed by atoms with van der Waals surface area (Å²) in [5.41, 5.74) is 4.09. The van der Waals surface area contributed by atoms with Gasteiger partial charge < -0.3 is 15.0 Å². The molecule has 2 N–H and O–H groups in total. The molecule has 1 heterocycles. The molecule has 5 nitrogen and oxygen atoms in total. The molecule has 0 aliphatic carbocycles. The van der Waals surface area contributed by atoms with Crippen LogP contribution in [0.4, 0.5) is 0 Å². The van der Waals surface area contributed by atoms with Gasteiger partial charge in [-0.2, -0.15) is 5.26 Å². The van der Waals surface area contributed by atoms with Gasteiger partial charge in [-0.3, -0.25) is 4.79 Å². The lowest BCUT2D eigenvalue weighted by Gasteiger charge is -2.12. The van der Waals surface area contributed by atoms with Crippen molar-refractivity contribution in [1.29, 1.82) is 5.26 Å². The van der Waals surface area contributed by atoms with Crippen molar-refractivity contribution in [2.45, 2.75) is 40.7 Å². The first-order chi connectivity index (χ1) is 12.8. The van der Waals surface area contributed by atoms with Crippen LogP contribution in [-0.4, -0.2) is 22.1 Å². The minimum atomic E-state index is -0.383. The molecule has 1 aromatic heterocycles. The number of nitrogens with one attached hydrogen (secondary N) is 1. The third-order valence-electron chi connectivity index (χ3n) is 4.44. The van der Waals surface area contributed by atoms with Crippen LogP contribution in [0.25, 0.3) is 6.08 Å². The minimum absolute atomic E-state index is 0.0932. The van der Waals surface area contributed by atoms with Crippen LogP contribution < -0.4 is 5.32 Å². The molecular weight excluding hydrogens is 338 g/mol. The Balaban J connectivity index is 2.07. The summed E-state index contributed by atoms with van der Waals surface area (Å²) in [6, 6.07) is 10.9. The van der Waals surface area contributed by atoms with Crippen LogP contribution >= 0.6 is 0 Å². The molecule has 0 atom stereocenters. The normalized spacial score (nSPS) is 11.5. The summed E-state index contributed by atoms with van der Waals surface area (Å²) in [6.07, 6.45) is 2.24. The first kappa shape index (κ1) is 20.3. The molecule has 0 fully saturated rings. The molecular formula is C22H27N3O2. The van der Waals surface area contributed by atoms with Gasteiger partial charge in [-0.15, -0.1) is 0 Å². The number of phenolic OH excluding ortho intramolecular Hbond substituents is 1. The van der Waals surface area contributed by atoms with E-state index < -0.39 is 0 Å². The summed E-state index contributed by atoms with van der Waals surface area (Å²) >= 11 is 0. The molecule has 0 unspecified atom stereocenters. The average molecular weight is 365 g/mol. The van der Waals surface area contributed by atoms with Crippen molar-refractivity contribution in [3.05, 3.63) is 58.4 Å². The number of hydrogen-bond donors (Lipinski definition) is 2. The summed E-state index contributed by atoms with van der Waals surface area (Å²) in [5, 5.41) is 21.7. The fourth-order valence-electron chi connectivity index (χ4n) is 3.05. The molecule has 0 radical (unpaired) electrons. The fraction of sp³-hybridized carbons (Fsp3) is 0.364. The predicted molar refractivity (Wildman–Crippen MR) is 107 cm³/mol. The molecule has 2 aromatic rings. The SMILES string of the molecule is Cc1cc(/C=C(/C#N)C(=O)NCCc2cccc(O)c2)c(C)n1CC(C)C. The molecule has 0 saturated carbocycles. The highest BCUT2D eigenvalue weighted by Crippen LogP contribution is 2.20. The van der Waals surface area contributed by atoms with E-state index in [1.54, 1.807) is 24.3 Å². The lowest BCUT2D eigenvalue weighted by atomic mass is 10.1. The Labute approximate surface area is 160 Å². The molecule has 1 amide bonds. The van der Waals surface area contributed by atoms with E-state index in [1.807, 2.05) is 32.0 Å². The van der Waals surface area contributed by atoms with Gasteiger partial charge in [0.2, 0.25) is 0 Å². The number of phenols is 1. The first-order valence-electron chi connectivity index (χ1n) is 9.16. The highest BCUT2D eigenvalue weighted by Gasteiger charge is 2.13. The van der Waals surface area contributed by atoms with E-state index in [2.05, 4.69) is 23.7 Å². The predicted octanol–water partition coefficient (Wildman–Crippen LogP) is 3.73. The topological polar surface area (TPSA) is 78.1 Å². The van der Waals surface area contributed by atoms with Crippen molar-refractivity contribution in [2.24, 2.45) is 5.92 Å². The Kier molecular flexibility index (Phi) is 6.84. The molecule has 0 saturated heterocycles. The zero-order valence-corrected chi connectivity index (χ0v) is 16.4. The van der Waals surface area contributed by atoms with E-state index in [0.717, 1.165) is 29.1 Å². The second-order valence-electron chi connectivity index (χ2n) is 7.18. The first-order valence-corrected chi connectivity index (χ1v) is 9.16. The van der Waals surface area contributed by atoms with Gasteiger partial charge in [0.15, 0.2) is 0 Å². The van der Waals surface area contributed by atoms with E-state index in [-0.39, 0.29) is 17.2 Å². The molecule has 142 valence electrons. The van der Waals surface area contributed by atoms with Gasteiger partial charge in [-0.25, -0.2) is 0 Å². The standard InChI is InChI=1S/C22H27N3O2/c1-15(2)14-25-16(3)10-19(17(25)4)12-20(13-23)22(27)24-9-8-18-6-5-7-21(26)11-18/h5-7,10-12,15,26H,8-9,14H2,1-4H3,(H,24,27)/b20-12-. The number of hydrogen-bond acceptors (Lipinski definition) is 3. The molecule has 1 aromatic carbocycles. The maximum atomic E-state index is 12.4. The quantitative estimate of drug-likeness (QED) is 0.580. The Morgan fingerprint density at radius 3 is 2.70 bits per heavy atom. The second-order valence-corrected chi connectivity index (χ2v) is 7.18. The molecule has 0 bridgehead atoms. The molecule has 0 aliphatic rings. The number of rotatable bonds is 7. The van der Waals surface area contributed by atoms with E-state index in [9.17, 15) is 15.2 Å². The van der Waals surface area contributed by atoms with Crippen LogP contribution in [0.3, 0.4) is 0 Å². The zero-order chi connectivity index (χ0) is 20.0. The van der Waals surface area contributed by atoms with Crippen molar-refractivity contribution in [2.75, 3.05) is 6.54 Å². The molecule has 0 spiro atoms. The monoisotopic (exact) mass is 365 g/mol. The summed E-state index contributed by atoms with van der Waals surface area (Å²) < 4.78 is 2.21. The molecule has 27 heavy (non-hydrogen) atoms. The summed E-state index contributed by atoms with van der Waals surface area (Å²) in [6.45, 7) is 9.67. The van der Waals surface area contributed by atoms with Crippen molar-refractivity contribution >= 4 is 12.0 Å². The third kappa shape index (κ3) is 5.49. The minimum Gasteiger partial charge on any atom is -0.508 e. The fourth-order valence-corrected chi connectivity index (χ4v) is 3.05. The largest absolute Gasteiger partial charge is 0.508 e. The zero-order valence-electron chi connectivity index (χ0n) is 16.4. The highest BCUT2D eigenvalue weighted by atomic mass is 16.3. The Morgan fingerprint density at radius 2 is 2.07 bits per heavy atom. The van der Waals surface area contributed by atoms with E-state index in [4.69, 9.17) is 0 Å². The Bertz CT molecular complexity index is 885. The number of nitrogens with zero attached hydrogens (tertiary/aromatic N) is 2. The van der Waals surface area contributed by atoms with Gasteiger partial charge in [0.25, 0.3) is 5.91 Å². The van der Waals surface area contributed by atoms with Gasteiger partial charge in [-0.05, 0) is 61.6 Å². The third-order valence-corrected chi connectivity index (χ3v) is 4.44. The van der Waals surface area contributed by atoms with Crippen LogP contribution in [0.1, 0.15) is 36.4 Å². The summed E-state index contributed by atoms with van der Waals surface area (Å²) in [4.78, 5) is 12.4. The van der Waals surface area contributed by atoms with E-state index in [1.165, 1.54) is 0 Å². The van der Waals surface area contributed by atoms with Crippen LogP contribution in [-0.2, 0) is 17.8 Å².